The Kier molecular flexibility index (Phi) is 10.5. The van der Waals surface area contributed by atoms with Gasteiger partial charge < -0.3 is 9.47 Å². The molecule has 0 spiro atoms. The van der Waals surface area contributed by atoms with Crippen molar-refractivity contribution in [3.8, 4) is 28.6 Å². The molecule has 18 heteroatoms. The number of nitrogens with one attached hydrogen (secondary N) is 1. The summed E-state index contributed by atoms with van der Waals surface area (Å²) in [7, 11) is 1.74. The molecular formula is C31H27F6N7O3S2. The molecule has 0 radical (unpaired) electrons. The molecule has 4 aromatic rings. The van der Waals surface area contributed by atoms with Gasteiger partial charge in [0.1, 0.15) is 17.8 Å². The van der Waals surface area contributed by atoms with E-state index in [2.05, 4.69) is 25.2 Å². The minimum absolute atomic E-state index is 0.0169. The number of benzene rings is 3. The number of rotatable bonds is 9. The largest absolute Gasteiger partial charge is 0.573 e. The molecule has 1 fully saturated rings. The molecule has 1 aromatic heterocycles. The Morgan fingerprint density at radius 3 is 2.43 bits per heavy atom. The average Bonchev–Trinajstić information content (AvgIpc) is 3.66. The highest BCUT2D eigenvalue weighted by atomic mass is 32.2. The number of hydrazine groups is 1. The van der Waals surface area contributed by atoms with Crippen molar-refractivity contribution in [3.05, 3.63) is 84.2 Å². The molecule has 10 nitrogen and oxygen atoms in total. The van der Waals surface area contributed by atoms with Gasteiger partial charge in [-0.15, -0.1) is 18.3 Å². The van der Waals surface area contributed by atoms with E-state index in [1.807, 2.05) is 31.2 Å². The zero-order valence-electron chi connectivity index (χ0n) is 25.9. The van der Waals surface area contributed by atoms with Crippen LogP contribution in [-0.4, -0.2) is 67.9 Å². The van der Waals surface area contributed by atoms with E-state index in [0.717, 1.165) is 17.3 Å². The van der Waals surface area contributed by atoms with Gasteiger partial charge >= 0.3 is 12.5 Å². The lowest BCUT2D eigenvalue weighted by Gasteiger charge is -2.26. The second-order valence-corrected chi connectivity index (χ2v) is 12.0. The van der Waals surface area contributed by atoms with E-state index in [-0.39, 0.29) is 45.2 Å². The number of thioether (sulfide) groups is 1. The number of aryl methyl sites for hydroxylation is 1. The number of thiocarbonyl (C=S) groups is 1. The van der Waals surface area contributed by atoms with Gasteiger partial charge in [0, 0.05) is 12.6 Å². The number of halogens is 6. The smallest absolute Gasteiger partial charge is 0.482 e. The first kappa shape index (κ1) is 35.6. The second kappa shape index (κ2) is 14.4. The van der Waals surface area contributed by atoms with Crippen LogP contribution < -0.4 is 19.8 Å². The van der Waals surface area contributed by atoms with Crippen molar-refractivity contribution in [1.29, 1.82) is 0 Å². The fourth-order valence-corrected chi connectivity index (χ4v) is 5.73. The fraction of sp³-hybridized carbons (Fsp3) is 0.258. The van der Waals surface area contributed by atoms with Crippen LogP contribution >= 0.6 is 24.0 Å². The summed E-state index contributed by atoms with van der Waals surface area (Å²) < 4.78 is 86.3. The quantitative estimate of drug-likeness (QED) is 0.111. The molecule has 0 aliphatic carbocycles. The van der Waals surface area contributed by atoms with Gasteiger partial charge in [-0.1, -0.05) is 42.1 Å². The van der Waals surface area contributed by atoms with E-state index < -0.39 is 19.1 Å². The normalized spacial score (nSPS) is 15.2. The molecule has 1 aliphatic rings. The number of nitrogens with zero attached hydrogens (tertiary/aromatic N) is 6. The van der Waals surface area contributed by atoms with Crippen LogP contribution in [0.5, 0.6) is 11.5 Å². The first-order valence-electron chi connectivity index (χ1n) is 14.3. The Morgan fingerprint density at radius 2 is 1.78 bits per heavy atom. The van der Waals surface area contributed by atoms with Crippen LogP contribution in [-0.2, 0) is 4.79 Å². The monoisotopic (exact) mass is 723 g/mol. The number of hydrogen-bond donors (Lipinski definition) is 1. The van der Waals surface area contributed by atoms with Crippen LogP contribution in [0.2, 0.25) is 0 Å². The molecule has 1 unspecified atom stereocenters. The van der Waals surface area contributed by atoms with Crippen LogP contribution in [0.4, 0.5) is 32.0 Å². The van der Waals surface area contributed by atoms with Crippen LogP contribution in [0.3, 0.4) is 0 Å². The van der Waals surface area contributed by atoms with Gasteiger partial charge in [0.05, 0.1) is 23.2 Å². The van der Waals surface area contributed by atoms with Crippen LogP contribution in [0.1, 0.15) is 24.1 Å². The summed E-state index contributed by atoms with van der Waals surface area (Å²) in [4.78, 5) is 22.7. The number of aromatic nitrogens is 3. The number of carbonyl (C=O) groups excluding carboxylic acids is 1. The van der Waals surface area contributed by atoms with Crippen LogP contribution in [0.25, 0.3) is 17.1 Å². The Balaban J connectivity index is 1.23. The first-order chi connectivity index (χ1) is 23.1. The molecule has 1 saturated heterocycles. The Bertz CT molecular complexity index is 1850. The molecule has 1 atom stereocenters. The Labute approximate surface area is 285 Å². The summed E-state index contributed by atoms with van der Waals surface area (Å²) in [5.74, 6) is -0.438. The number of hydrogen-bond acceptors (Lipinski definition) is 8. The van der Waals surface area contributed by atoms with Gasteiger partial charge in [0.25, 0.3) is 0 Å². The molecule has 5 rings (SSSR count). The highest BCUT2D eigenvalue weighted by molar-refractivity contribution is 8.15. The van der Waals surface area contributed by atoms with E-state index in [1.165, 1.54) is 46.2 Å². The van der Waals surface area contributed by atoms with Crippen molar-refractivity contribution in [2.75, 3.05) is 24.3 Å². The summed E-state index contributed by atoms with van der Waals surface area (Å²) in [5.41, 5.74) is 5.90. The summed E-state index contributed by atoms with van der Waals surface area (Å²) in [6.07, 6.45) is -7.91. The maximum atomic E-state index is 12.9. The number of amidine groups is 1. The number of aliphatic imine (C=N–C) groups is 1. The van der Waals surface area contributed by atoms with Crippen molar-refractivity contribution in [1.82, 2.24) is 25.2 Å². The number of anilines is 1. The zero-order valence-corrected chi connectivity index (χ0v) is 27.5. The third kappa shape index (κ3) is 9.27. The zero-order chi connectivity index (χ0) is 35.5. The van der Waals surface area contributed by atoms with Gasteiger partial charge in [-0.05, 0) is 73.6 Å². The molecule has 1 N–H and O–H groups in total. The van der Waals surface area contributed by atoms with Crippen molar-refractivity contribution in [2.24, 2.45) is 4.99 Å². The number of ether oxygens (including phenoxy) is 2. The predicted molar refractivity (Wildman–Crippen MR) is 175 cm³/mol. The minimum Gasteiger partial charge on any atom is -0.482 e. The Morgan fingerprint density at radius 1 is 1.08 bits per heavy atom. The summed E-state index contributed by atoms with van der Waals surface area (Å²) in [6.45, 7) is 2.13. The molecule has 1 amide bonds. The summed E-state index contributed by atoms with van der Waals surface area (Å²) >= 11 is 6.54. The highest BCUT2D eigenvalue weighted by Crippen LogP contribution is 2.36. The van der Waals surface area contributed by atoms with Crippen molar-refractivity contribution < 1.29 is 40.6 Å². The minimum atomic E-state index is -4.79. The average molecular weight is 724 g/mol. The van der Waals surface area contributed by atoms with Crippen LogP contribution in [0, 0.1) is 6.92 Å². The van der Waals surface area contributed by atoms with Gasteiger partial charge in [-0.2, -0.15) is 18.2 Å². The van der Waals surface area contributed by atoms with Gasteiger partial charge in [-0.25, -0.2) is 14.7 Å². The number of carbonyl (C=O) groups is 1. The van der Waals surface area contributed by atoms with Crippen molar-refractivity contribution in [3.63, 3.8) is 0 Å². The van der Waals surface area contributed by atoms with E-state index in [4.69, 9.17) is 17.0 Å². The molecule has 1 aliphatic heterocycles. The maximum absolute atomic E-state index is 12.9. The molecular weight excluding hydrogens is 697 g/mol. The number of amides is 1. The molecule has 3 aromatic carbocycles. The molecule has 49 heavy (non-hydrogen) atoms. The topological polar surface area (TPSA) is 97.1 Å². The van der Waals surface area contributed by atoms with Gasteiger partial charge in [0.2, 0.25) is 11.0 Å². The summed E-state index contributed by atoms with van der Waals surface area (Å²) in [6, 6.07) is 16.9. The van der Waals surface area contributed by atoms with Gasteiger partial charge in [0.15, 0.2) is 17.6 Å². The van der Waals surface area contributed by atoms with Crippen molar-refractivity contribution in [2.45, 2.75) is 32.4 Å². The third-order valence-electron chi connectivity index (χ3n) is 7.04. The SMILES string of the molecule is Cc1ccc(OCC(F)(F)F)c(N2C(=O)CS/C2=N\C(=S)NN(C)C(C)c2ccc(-c3ncn(-c4ccc(OC(F)(F)F)cc4)n3)cc2)c1. The van der Waals surface area contributed by atoms with Crippen LogP contribution in [0.15, 0.2) is 78.0 Å². The Hall–Kier alpha value is -4.68. The maximum Gasteiger partial charge on any atom is 0.573 e. The molecule has 0 saturated carbocycles. The van der Waals surface area contributed by atoms with E-state index in [0.29, 0.717) is 22.6 Å². The van der Waals surface area contributed by atoms with E-state index in [1.54, 1.807) is 31.1 Å². The lowest BCUT2D eigenvalue weighted by molar-refractivity contribution is -0.274. The highest BCUT2D eigenvalue weighted by Gasteiger charge is 2.34. The molecule has 2 heterocycles. The lowest BCUT2D eigenvalue weighted by Crippen LogP contribution is -2.40. The fourth-order valence-electron chi connectivity index (χ4n) is 4.58. The lowest BCUT2D eigenvalue weighted by atomic mass is 10.1. The number of alkyl halides is 6. The molecule has 0 bridgehead atoms. The predicted octanol–water partition coefficient (Wildman–Crippen LogP) is 7.00. The second-order valence-electron chi connectivity index (χ2n) is 10.7. The van der Waals surface area contributed by atoms with Gasteiger partial charge in [-0.3, -0.25) is 15.1 Å². The standard InChI is InChI=1S/C31H27F6N7O3S2/c1-18-4-13-25(46-16-30(32,33)34)24(14-18)44-26(45)15-49-29(44)39-28(48)41-42(3)19(2)20-5-7-21(8-6-20)27-38-17-43(40-27)22-9-11-23(12-10-22)47-31(35,36)37/h4-14,17,19H,15-16H2,1-3H3,(H,41,48)/b39-29-. The molecule has 258 valence electrons. The van der Waals surface area contributed by atoms with Crippen molar-refractivity contribution >= 4 is 45.9 Å². The van der Waals surface area contributed by atoms with E-state index in [9.17, 15) is 31.1 Å². The third-order valence-corrected chi connectivity index (χ3v) is 8.15. The first-order valence-corrected chi connectivity index (χ1v) is 15.7. The van der Waals surface area contributed by atoms with E-state index >= 15 is 0 Å². The summed E-state index contributed by atoms with van der Waals surface area (Å²) in [5, 5.41) is 6.33.